The summed E-state index contributed by atoms with van der Waals surface area (Å²) in [6.07, 6.45) is 0. The van der Waals surface area contributed by atoms with E-state index < -0.39 is 11.6 Å². The minimum Gasteiger partial charge on any atom is -0.377 e. The molecule has 0 radical (unpaired) electrons. The largest absolute Gasteiger partial charge is 0.377 e. The third kappa shape index (κ3) is 4.64. The number of rotatable bonds is 8. The van der Waals surface area contributed by atoms with Crippen molar-refractivity contribution < 1.29 is 13.5 Å². The Kier molecular flexibility index (Phi) is 6.54. The zero-order chi connectivity index (χ0) is 20.1. The fourth-order valence-electron chi connectivity index (χ4n) is 3.12. The van der Waals surface area contributed by atoms with Gasteiger partial charge in [0.05, 0.1) is 12.3 Å². The van der Waals surface area contributed by atoms with Gasteiger partial charge in [0, 0.05) is 37.0 Å². The van der Waals surface area contributed by atoms with Gasteiger partial charge in [0.25, 0.3) is 0 Å². The molecular weight excluding hydrogens is 360 g/mol. The Morgan fingerprint density at radius 3 is 2.39 bits per heavy atom. The van der Waals surface area contributed by atoms with Crippen LogP contribution in [0.5, 0.6) is 0 Å². The zero-order valence-electron chi connectivity index (χ0n) is 16.4. The van der Waals surface area contributed by atoms with E-state index in [0.29, 0.717) is 26.3 Å². The van der Waals surface area contributed by atoms with E-state index in [2.05, 4.69) is 34.7 Å². The van der Waals surface area contributed by atoms with E-state index in [1.165, 1.54) is 22.4 Å². The van der Waals surface area contributed by atoms with Gasteiger partial charge in [0.1, 0.15) is 11.5 Å². The molecule has 0 unspecified atom stereocenters. The maximum Gasteiger partial charge on any atom is 0.151 e. The normalized spacial score (nSPS) is 11.2. The van der Waals surface area contributed by atoms with Crippen LogP contribution in [0.2, 0.25) is 0 Å². The van der Waals surface area contributed by atoms with Crippen molar-refractivity contribution in [3.63, 3.8) is 0 Å². The van der Waals surface area contributed by atoms with Gasteiger partial charge in [-0.15, -0.1) is 0 Å². The van der Waals surface area contributed by atoms with Crippen molar-refractivity contribution in [2.45, 2.75) is 40.5 Å². The van der Waals surface area contributed by atoms with E-state index in [1.54, 1.807) is 0 Å². The summed E-state index contributed by atoms with van der Waals surface area (Å²) in [6.45, 7) is 8.42. The van der Waals surface area contributed by atoms with Crippen molar-refractivity contribution in [3.05, 3.63) is 82.2 Å². The first-order chi connectivity index (χ1) is 13.5. The average molecular weight is 385 g/mol. The monoisotopic (exact) mass is 385 g/mol. The van der Waals surface area contributed by atoms with Crippen molar-refractivity contribution in [1.29, 1.82) is 0 Å². The molecule has 0 aliphatic carbocycles. The third-order valence-corrected chi connectivity index (χ3v) is 4.71. The van der Waals surface area contributed by atoms with Gasteiger partial charge in [-0.1, -0.05) is 24.3 Å². The number of aromatic nitrogens is 2. The molecular formula is C22H25F2N3O. The molecule has 0 aliphatic rings. The molecule has 3 rings (SSSR count). The van der Waals surface area contributed by atoms with Crippen LogP contribution in [0.15, 0.2) is 42.5 Å². The van der Waals surface area contributed by atoms with Crippen molar-refractivity contribution in [3.8, 4) is 5.69 Å². The summed E-state index contributed by atoms with van der Waals surface area (Å²) < 4.78 is 34.2. The minimum atomic E-state index is -0.628. The number of aryl methyl sites for hydroxylation is 1. The molecule has 0 spiro atoms. The molecule has 0 fully saturated rings. The number of nitrogens with one attached hydrogen (secondary N) is 1. The molecule has 148 valence electrons. The SMILES string of the molecule is CCOCc1ccc(CNCc2c(C)nn(-c3ccc(F)cc3F)c2C)cc1. The van der Waals surface area contributed by atoms with Crippen LogP contribution in [0.4, 0.5) is 8.78 Å². The standard InChI is InChI=1S/C22H25F2N3O/c1-4-28-14-18-7-5-17(6-8-18)12-25-13-20-15(2)26-27(16(20)3)22-10-9-19(23)11-21(22)24/h5-11,25H,4,12-14H2,1-3H3. The van der Waals surface area contributed by atoms with E-state index >= 15 is 0 Å². The number of hydrogen-bond donors (Lipinski definition) is 1. The van der Waals surface area contributed by atoms with Gasteiger partial charge in [-0.05, 0) is 44.0 Å². The maximum atomic E-state index is 14.1. The van der Waals surface area contributed by atoms with E-state index in [9.17, 15) is 8.78 Å². The van der Waals surface area contributed by atoms with Gasteiger partial charge < -0.3 is 10.1 Å². The molecule has 0 saturated carbocycles. The Bertz CT molecular complexity index is 936. The molecule has 4 nitrogen and oxygen atoms in total. The molecule has 0 aliphatic heterocycles. The summed E-state index contributed by atoms with van der Waals surface area (Å²) in [5, 5.41) is 7.85. The summed E-state index contributed by atoms with van der Waals surface area (Å²) in [5.74, 6) is -1.23. The number of nitrogens with zero attached hydrogens (tertiary/aromatic N) is 2. The maximum absolute atomic E-state index is 14.1. The highest BCUT2D eigenvalue weighted by Gasteiger charge is 2.15. The van der Waals surface area contributed by atoms with Crippen molar-refractivity contribution in [2.75, 3.05) is 6.61 Å². The molecule has 3 aromatic rings. The van der Waals surface area contributed by atoms with Crippen LogP contribution >= 0.6 is 0 Å². The molecule has 0 amide bonds. The Hall–Kier alpha value is -2.57. The zero-order valence-corrected chi connectivity index (χ0v) is 16.4. The molecule has 0 saturated heterocycles. The number of ether oxygens (including phenoxy) is 1. The smallest absolute Gasteiger partial charge is 0.151 e. The van der Waals surface area contributed by atoms with Crippen LogP contribution < -0.4 is 5.32 Å². The molecule has 28 heavy (non-hydrogen) atoms. The highest BCUT2D eigenvalue weighted by molar-refractivity contribution is 5.38. The predicted octanol–water partition coefficient (Wildman–Crippen LogP) is 4.59. The third-order valence-electron chi connectivity index (χ3n) is 4.71. The van der Waals surface area contributed by atoms with Gasteiger partial charge in [-0.2, -0.15) is 5.10 Å². The lowest BCUT2D eigenvalue weighted by Crippen LogP contribution is -2.14. The first-order valence-electron chi connectivity index (χ1n) is 9.36. The average Bonchev–Trinajstić information content (AvgIpc) is 2.95. The summed E-state index contributed by atoms with van der Waals surface area (Å²) in [7, 11) is 0. The van der Waals surface area contributed by atoms with Gasteiger partial charge in [0.2, 0.25) is 0 Å². The van der Waals surface area contributed by atoms with Crippen LogP contribution in [-0.4, -0.2) is 16.4 Å². The van der Waals surface area contributed by atoms with E-state index in [0.717, 1.165) is 28.6 Å². The van der Waals surface area contributed by atoms with E-state index in [1.807, 2.05) is 20.8 Å². The molecule has 1 aromatic heterocycles. The van der Waals surface area contributed by atoms with Crippen LogP contribution in [0.3, 0.4) is 0 Å². The van der Waals surface area contributed by atoms with Gasteiger partial charge in [0.15, 0.2) is 5.82 Å². The van der Waals surface area contributed by atoms with E-state index in [4.69, 9.17) is 4.74 Å². The number of hydrogen-bond acceptors (Lipinski definition) is 3. The summed E-state index contributed by atoms with van der Waals surface area (Å²) in [6, 6.07) is 11.8. The van der Waals surface area contributed by atoms with Crippen molar-refractivity contribution in [1.82, 2.24) is 15.1 Å². The fraction of sp³-hybridized carbons (Fsp3) is 0.318. The highest BCUT2D eigenvalue weighted by Crippen LogP contribution is 2.21. The Labute approximate surface area is 164 Å². The van der Waals surface area contributed by atoms with Gasteiger partial charge in [-0.25, -0.2) is 13.5 Å². The number of benzene rings is 2. The lowest BCUT2D eigenvalue weighted by molar-refractivity contribution is 0.134. The quantitative estimate of drug-likeness (QED) is 0.616. The molecule has 1 N–H and O–H groups in total. The minimum absolute atomic E-state index is 0.248. The van der Waals surface area contributed by atoms with E-state index in [-0.39, 0.29) is 5.69 Å². The van der Waals surface area contributed by atoms with Crippen LogP contribution in [0, 0.1) is 25.5 Å². The topological polar surface area (TPSA) is 39.1 Å². The molecule has 0 bridgehead atoms. The second-order valence-corrected chi connectivity index (χ2v) is 6.71. The first-order valence-corrected chi connectivity index (χ1v) is 9.36. The summed E-state index contributed by atoms with van der Waals surface area (Å²) in [5.41, 5.74) is 5.24. The van der Waals surface area contributed by atoms with Crippen molar-refractivity contribution >= 4 is 0 Å². The Morgan fingerprint density at radius 1 is 1.00 bits per heavy atom. The highest BCUT2D eigenvalue weighted by atomic mass is 19.1. The molecule has 2 aromatic carbocycles. The molecule has 1 heterocycles. The fourth-order valence-corrected chi connectivity index (χ4v) is 3.12. The first kappa shape index (κ1) is 20.2. The molecule has 6 heteroatoms. The summed E-state index contributed by atoms with van der Waals surface area (Å²) >= 11 is 0. The van der Waals surface area contributed by atoms with Crippen LogP contribution in [-0.2, 0) is 24.4 Å². The predicted molar refractivity (Wildman–Crippen MR) is 105 cm³/mol. The van der Waals surface area contributed by atoms with Gasteiger partial charge >= 0.3 is 0 Å². The van der Waals surface area contributed by atoms with Crippen molar-refractivity contribution in [2.24, 2.45) is 0 Å². The molecule has 0 atom stereocenters. The lowest BCUT2D eigenvalue weighted by atomic mass is 10.1. The van der Waals surface area contributed by atoms with Crippen LogP contribution in [0.25, 0.3) is 5.69 Å². The summed E-state index contributed by atoms with van der Waals surface area (Å²) in [4.78, 5) is 0. The Morgan fingerprint density at radius 2 is 1.71 bits per heavy atom. The second-order valence-electron chi connectivity index (χ2n) is 6.71. The number of halogens is 2. The lowest BCUT2D eigenvalue weighted by Gasteiger charge is -2.09. The van der Waals surface area contributed by atoms with Gasteiger partial charge in [-0.3, -0.25) is 0 Å². The van der Waals surface area contributed by atoms with Crippen LogP contribution in [0.1, 0.15) is 35.0 Å². The Balaban J connectivity index is 1.66. The second kappa shape index (κ2) is 9.08.